The predicted molar refractivity (Wildman–Crippen MR) is 147 cm³/mol. The molecule has 12 heteroatoms. The van der Waals surface area contributed by atoms with Gasteiger partial charge in [0.15, 0.2) is 0 Å². The molecule has 0 aromatic heterocycles. The summed E-state index contributed by atoms with van der Waals surface area (Å²) in [5.74, 6) is 0.00660. The maximum atomic E-state index is 13.1. The first kappa shape index (κ1) is 27.7. The lowest BCUT2D eigenvalue weighted by Crippen LogP contribution is -2.35. The van der Waals surface area contributed by atoms with Gasteiger partial charge in [0, 0.05) is 23.8 Å². The highest BCUT2D eigenvalue weighted by molar-refractivity contribution is 7.93. The molecule has 202 valence electrons. The van der Waals surface area contributed by atoms with Crippen molar-refractivity contribution in [2.45, 2.75) is 36.0 Å². The summed E-state index contributed by atoms with van der Waals surface area (Å²) >= 11 is 6.08. The zero-order valence-corrected chi connectivity index (χ0v) is 23.3. The van der Waals surface area contributed by atoms with Crippen molar-refractivity contribution in [2.75, 3.05) is 29.6 Å². The van der Waals surface area contributed by atoms with Gasteiger partial charge in [-0.1, -0.05) is 17.7 Å². The van der Waals surface area contributed by atoms with Gasteiger partial charge in [-0.05, 0) is 86.3 Å². The second-order valence-electron chi connectivity index (χ2n) is 8.86. The number of likely N-dealkylation sites (tertiary alicyclic amines) is 1. The highest BCUT2D eigenvalue weighted by Gasteiger charge is 2.25. The number of carbonyl (C=O) groups is 1. The van der Waals surface area contributed by atoms with Crippen LogP contribution in [0.1, 0.15) is 35.2 Å². The number of ether oxygens (including phenoxy) is 1. The van der Waals surface area contributed by atoms with Gasteiger partial charge in [0.2, 0.25) is 0 Å². The molecule has 2 N–H and O–H groups in total. The average Bonchev–Trinajstić information content (AvgIpc) is 2.91. The molecule has 1 amide bonds. The summed E-state index contributed by atoms with van der Waals surface area (Å²) < 4.78 is 62.2. The Morgan fingerprint density at radius 3 is 2.16 bits per heavy atom. The fraction of sp³-hybridized carbons (Fsp3) is 0.269. The second-order valence-corrected chi connectivity index (χ2v) is 12.6. The summed E-state index contributed by atoms with van der Waals surface area (Å²) in [6.45, 7) is 2.92. The Morgan fingerprint density at radius 2 is 1.50 bits per heavy atom. The molecule has 3 aromatic carbocycles. The van der Waals surface area contributed by atoms with Gasteiger partial charge in [0.05, 0.1) is 28.2 Å². The first-order chi connectivity index (χ1) is 18.0. The third-order valence-electron chi connectivity index (χ3n) is 6.28. The first-order valence-corrected chi connectivity index (χ1v) is 15.2. The summed E-state index contributed by atoms with van der Waals surface area (Å²) in [7, 11) is -6.61. The molecule has 0 bridgehead atoms. The molecule has 38 heavy (non-hydrogen) atoms. The number of hydrogen-bond acceptors (Lipinski definition) is 6. The highest BCUT2D eigenvalue weighted by Crippen LogP contribution is 2.28. The van der Waals surface area contributed by atoms with Gasteiger partial charge < -0.3 is 9.64 Å². The number of piperidine rings is 1. The molecule has 1 heterocycles. The molecule has 3 aromatic rings. The molecule has 1 saturated heterocycles. The van der Waals surface area contributed by atoms with Crippen LogP contribution < -0.4 is 14.2 Å². The van der Waals surface area contributed by atoms with Crippen LogP contribution in [0.25, 0.3) is 0 Å². The molecule has 0 saturated carbocycles. The summed E-state index contributed by atoms with van der Waals surface area (Å²) in [4.78, 5) is 14.6. The monoisotopic (exact) mass is 577 g/mol. The molecule has 9 nitrogen and oxygen atoms in total. The van der Waals surface area contributed by atoms with E-state index in [1.54, 1.807) is 30.0 Å². The van der Waals surface area contributed by atoms with Crippen molar-refractivity contribution in [1.29, 1.82) is 0 Å². The Labute approximate surface area is 227 Å². The van der Waals surface area contributed by atoms with E-state index in [2.05, 4.69) is 9.44 Å². The lowest BCUT2D eigenvalue weighted by Gasteiger charge is -2.27. The number of sulfonamides is 2. The number of carbonyl (C=O) groups excluding carboxylic acids is 1. The highest BCUT2D eigenvalue weighted by atomic mass is 35.5. The molecule has 4 rings (SSSR count). The first-order valence-electron chi connectivity index (χ1n) is 11.9. The summed E-state index contributed by atoms with van der Waals surface area (Å²) in [5, 5.41) is 0.425. The van der Waals surface area contributed by atoms with E-state index >= 15 is 0 Å². The molecule has 0 spiro atoms. The van der Waals surface area contributed by atoms with E-state index in [0.29, 0.717) is 29.4 Å². The largest absolute Gasteiger partial charge is 0.496 e. The van der Waals surface area contributed by atoms with Gasteiger partial charge in [-0.15, -0.1) is 0 Å². The number of rotatable bonds is 8. The van der Waals surface area contributed by atoms with Crippen molar-refractivity contribution in [2.24, 2.45) is 0 Å². The number of nitrogens with zero attached hydrogens (tertiary/aromatic N) is 1. The van der Waals surface area contributed by atoms with Crippen LogP contribution in [0.4, 0.5) is 11.4 Å². The van der Waals surface area contributed by atoms with E-state index in [9.17, 15) is 21.6 Å². The lowest BCUT2D eigenvalue weighted by molar-refractivity contribution is 0.0720. The van der Waals surface area contributed by atoms with Gasteiger partial charge >= 0.3 is 0 Å². The molecule has 0 aliphatic carbocycles. The SMILES string of the molecule is COc1ccc(S(=O)(=O)Nc2ccc(S(=O)(=O)Nc3cccc(Cl)c3C)cc2)cc1C(=O)N1CCCCC1. The molecule has 1 aliphatic heterocycles. The van der Waals surface area contributed by atoms with Gasteiger partial charge in [-0.2, -0.15) is 0 Å². The average molecular weight is 578 g/mol. The third-order valence-corrected chi connectivity index (χ3v) is 9.45. The van der Waals surface area contributed by atoms with E-state index in [1.165, 1.54) is 49.6 Å². The Balaban J connectivity index is 1.54. The van der Waals surface area contributed by atoms with Gasteiger partial charge in [-0.25, -0.2) is 16.8 Å². The van der Waals surface area contributed by atoms with E-state index in [1.807, 2.05) is 0 Å². The van der Waals surface area contributed by atoms with Crippen LogP contribution in [0.5, 0.6) is 5.75 Å². The topological polar surface area (TPSA) is 122 Å². The number of benzene rings is 3. The number of nitrogens with one attached hydrogen (secondary N) is 2. The van der Waals surface area contributed by atoms with Crippen LogP contribution in [0.3, 0.4) is 0 Å². The van der Waals surface area contributed by atoms with Crippen molar-refractivity contribution < 1.29 is 26.4 Å². The third kappa shape index (κ3) is 6.06. The number of anilines is 2. The number of halogens is 1. The van der Waals surface area contributed by atoms with Crippen molar-refractivity contribution in [3.8, 4) is 5.75 Å². The Hall–Kier alpha value is -3.28. The van der Waals surface area contributed by atoms with Crippen molar-refractivity contribution in [1.82, 2.24) is 4.90 Å². The standard InChI is InChI=1S/C26H28ClN3O6S2/c1-18-23(27)7-6-8-24(18)29-37(32,33)20-11-9-19(10-12-20)28-38(34,35)21-13-14-25(36-2)22(17-21)26(31)30-15-4-3-5-16-30/h6-14,17,28-29H,3-5,15-16H2,1-2H3. The van der Waals surface area contributed by atoms with Crippen LogP contribution in [0, 0.1) is 6.92 Å². The molecule has 1 fully saturated rings. The van der Waals surface area contributed by atoms with Gasteiger partial charge in [0.1, 0.15) is 5.75 Å². The van der Waals surface area contributed by atoms with Crippen LogP contribution in [-0.4, -0.2) is 47.8 Å². The van der Waals surface area contributed by atoms with Crippen LogP contribution in [-0.2, 0) is 20.0 Å². The Morgan fingerprint density at radius 1 is 0.868 bits per heavy atom. The maximum absolute atomic E-state index is 13.1. The Kier molecular flexibility index (Phi) is 8.19. The minimum Gasteiger partial charge on any atom is -0.496 e. The van der Waals surface area contributed by atoms with Crippen LogP contribution >= 0.6 is 11.6 Å². The second kappa shape index (κ2) is 11.2. The molecule has 0 atom stereocenters. The number of amides is 1. The van der Waals surface area contributed by atoms with Gasteiger partial charge in [0.25, 0.3) is 26.0 Å². The van der Waals surface area contributed by atoms with E-state index in [4.69, 9.17) is 16.3 Å². The van der Waals surface area contributed by atoms with Crippen molar-refractivity contribution in [3.63, 3.8) is 0 Å². The maximum Gasteiger partial charge on any atom is 0.261 e. The number of hydrogen-bond donors (Lipinski definition) is 2. The van der Waals surface area contributed by atoms with Crippen molar-refractivity contribution >= 4 is 48.9 Å². The van der Waals surface area contributed by atoms with Gasteiger partial charge in [-0.3, -0.25) is 14.2 Å². The van der Waals surface area contributed by atoms with E-state index in [0.717, 1.165) is 19.3 Å². The predicted octanol–water partition coefficient (Wildman–Crippen LogP) is 4.88. The quantitative estimate of drug-likeness (QED) is 0.393. The summed E-state index contributed by atoms with van der Waals surface area (Å²) in [6.07, 6.45) is 2.84. The zero-order chi connectivity index (χ0) is 27.5. The summed E-state index contributed by atoms with van der Waals surface area (Å²) in [5.41, 5.74) is 1.25. The fourth-order valence-electron chi connectivity index (χ4n) is 4.13. The molecule has 1 aliphatic rings. The van der Waals surface area contributed by atoms with E-state index < -0.39 is 20.0 Å². The minimum atomic E-state index is -4.09. The Bertz CT molecular complexity index is 1550. The summed E-state index contributed by atoms with van der Waals surface area (Å²) in [6, 6.07) is 14.3. The lowest BCUT2D eigenvalue weighted by atomic mass is 10.1. The molecule has 0 unspecified atom stereocenters. The number of methoxy groups -OCH3 is 1. The van der Waals surface area contributed by atoms with Crippen LogP contribution in [0.15, 0.2) is 70.5 Å². The molecule has 0 radical (unpaired) electrons. The molecular formula is C26H28ClN3O6S2. The normalized spacial score (nSPS) is 14.1. The smallest absolute Gasteiger partial charge is 0.261 e. The fourth-order valence-corrected chi connectivity index (χ4v) is 6.51. The van der Waals surface area contributed by atoms with E-state index in [-0.39, 0.29) is 32.7 Å². The zero-order valence-electron chi connectivity index (χ0n) is 20.9. The van der Waals surface area contributed by atoms with Crippen LogP contribution in [0.2, 0.25) is 5.02 Å². The minimum absolute atomic E-state index is 0.0568. The molecular weight excluding hydrogens is 550 g/mol. The van der Waals surface area contributed by atoms with Crippen molar-refractivity contribution in [3.05, 3.63) is 76.8 Å².